The first kappa shape index (κ1) is 33.2. The van der Waals surface area contributed by atoms with E-state index in [-0.39, 0.29) is 19.1 Å². The third kappa shape index (κ3) is 12.0. The highest BCUT2D eigenvalue weighted by atomic mass is 19.4. The Bertz CT molecular complexity index is 1180. The van der Waals surface area contributed by atoms with Crippen molar-refractivity contribution in [2.24, 2.45) is 5.92 Å². The molecule has 0 aromatic heterocycles. The number of allylic oxidation sites excluding steroid dienone is 3. The number of alkyl halides is 3. The standard InChI is InChI=1S/C32H42F3NO4/c1-6-27-23(2)28(29(37)36-20-21-39-22-32(33,34)35)19-18-25(27)15-9-7-8-12-24-13-10-16-26(17-11-14-24)30(38)40-31(3,4)5/h6-9,15-16,18-19,24H,10-14,17,20-22H2,1-5H3/b8-7+,25-15?,26-16?,27-6-. The summed E-state index contributed by atoms with van der Waals surface area (Å²) in [5.74, 6) is -0.106. The van der Waals surface area contributed by atoms with Gasteiger partial charge < -0.3 is 19.6 Å². The minimum atomic E-state index is -4.40. The van der Waals surface area contributed by atoms with E-state index in [4.69, 9.17) is 4.74 Å². The molecule has 1 aromatic carbocycles. The molecule has 0 saturated heterocycles. The number of ether oxygens (including phenoxy) is 2. The summed E-state index contributed by atoms with van der Waals surface area (Å²) in [5.41, 5.74) is 1.50. The van der Waals surface area contributed by atoms with E-state index in [1.807, 2.05) is 71.4 Å². The summed E-state index contributed by atoms with van der Waals surface area (Å²) in [4.78, 5) is 24.9. The third-order valence-electron chi connectivity index (χ3n) is 6.50. The number of hydrogen-bond acceptors (Lipinski definition) is 4. The molecule has 40 heavy (non-hydrogen) atoms. The zero-order valence-electron chi connectivity index (χ0n) is 24.3. The minimum Gasteiger partial charge on any atom is -0.647 e. The normalized spacial score (nSPS) is 17.8. The SMILES string of the molecule is C/C=c1/c(C)c(C(=O)[N-]CCOCC(F)(F)F)ccc1=C[CH+]/C=C/CC1CCC=C(C(=O)OC(C)(C)C)CCC1. The third-order valence-corrected chi connectivity index (χ3v) is 6.50. The highest BCUT2D eigenvalue weighted by molar-refractivity contribution is 6.05. The maximum Gasteiger partial charge on any atom is 0.411 e. The van der Waals surface area contributed by atoms with Crippen molar-refractivity contribution in [1.82, 2.24) is 0 Å². The molecular formula is C32H42F3NO4. The van der Waals surface area contributed by atoms with Crippen molar-refractivity contribution in [3.05, 3.63) is 69.2 Å². The first-order valence-corrected chi connectivity index (χ1v) is 13.9. The molecule has 0 heterocycles. The molecule has 0 fully saturated rings. The van der Waals surface area contributed by atoms with Crippen LogP contribution in [0.1, 0.15) is 82.1 Å². The number of benzene rings is 1. The molecule has 1 atom stereocenters. The molecule has 0 N–H and O–H groups in total. The number of carbonyl (C=O) groups is 2. The molecule has 1 aliphatic rings. The summed E-state index contributed by atoms with van der Waals surface area (Å²) in [6, 6.07) is 3.54. The van der Waals surface area contributed by atoms with Crippen LogP contribution < -0.4 is 10.4 Å². The Balaban J connectivity index is 1.89. The lowest BCUT2D eigenvalue weighted by atomic mass is 9.89. The molecule has 1 unspecified atom stereocenters. The predicted octanol–water partition coefficient (Wildman–Crippen LogP) is 6.67. The molecule has 0 saturated carbocycles. The van der Waals surface area contributed by atoms with Crippen LogP contribution in [0.2, 0.25) is 0 Å². The molecule has 2 rings (SSSR count). The van der Waals surface area contributed by atoms with Crippen molar-refractivity contribution in [1.29, 1.82) is 0 Å². The molecule has 0 bridgehead atoms. The number of nitrogens with zero attached hydrogens (tertiary/aromatic N) is 1. The van der Waals surface area contributed by atoms with Gasteiger partial charge in [-0.2, -0.15) is 13.2 Å². The van der Waals surface area contributed by atoms with E-state index in [2.05, 4.69) is 16.1 Å². The van der Waals surface area contributed by atoms with Gasteiger partial charge in [-0.05, 0) is 84.3 Å². The fourth-order valence-corrected chi connectivity index (χ4v) is 4.59. The quantitative estimate of drug-likeness (QED) is 0.182. The lowest BCUT2D eigenvalue weighted by Gasteiger charge is -2.22. The second kappa shape index (κ2) is 15.7. The van der Waals surface area contributed by atoms with Gasteiger partial charge in [0.05, 0.1) is 17.2 Å². The summed E-state index contributed by atoms with van der Waals surface area (Å²) in [6.07, 6.45) is 13.4. The Morgan fingerprint density at radius 3 is 2.60 bits per heavy atom. The van der Waals surface area contributed by atoms with E-state index in [0.717, 1.165) is 60.1 Å². The fourth-order valence-electron chi connectivity index (χ4n) is 4.59. The van der Waals surface area contributed by atoms with Crippen LogP contribution >= 0.6 is 0 Å². The van der Waals surface area contributed by atoms with Crippen LogP contribution in [0.25, 0.3) is 17.5 Å². The molecule has 220 valence electrons. The molecular weight excluding hydrogens is 519 g/mol. The second-order valence-electron chi connectivity index (χ2n) is 11.0. The lowest BCUT2D eigenvalue weighted by Crippen LogP contribution is -2.29. The van der Waals surface area contributed by atoms with Gasteiger partial charge >= 0.3 is 12.1 Å². The Morgan fingerprint density at radius 1 is 1.18 bits per heavy atom. The van der Waals surface area contributed by atoms with E-state index in [1.165, 1.54) is 0 Å². The van der Waals surface area contributed by atoms with Gasteiger partial charge in [-0.3, -0.25) is 0 Å². The van der Waals surface area contributed by atoms with Crippen molar-refractivity contribution in [3.8, 4) is 0 Å². The number of hydrogen-bond donors (Lipinski definition) is 0. The number of rotatable bonds is 10. The highest BCUT2D eigenvalue weighted by Gasteiger charge is 2.27. The molecule has 0 spiro atoms. The number of halogens is 3. The van der Waals surface area contributed by atoms with Crippen molar-refractivity contribution in [3.63, 3.8) is 0 Å². The molecule has 0 radical (unpaired) electrons. The van der Waals surface area contributed by atoms with Crippen LogP contribution in [-0.2, 0) is 14.3 Å². The number of amides is 1. The Kier molecular flexibility index (Phi) is 13.0. The molecule has 5 nitrogen and oxygen atoms in total. The first-order valence-electron chi connectivity index (χ1n) is 13.9. The van der Waals surface area contributed by atoms with Gasteiger partial charge in [0.2, 0.25) is 0 Å². The van der Waals surface area contributed by atoms with Crippen LogP contribution in [0, 0.1) is 19.3 Å². The predicted molar refractivity (Wildman–Crippen MR) is 153 cm³/mol. The topological polar surface area (TPSA) is 66.7 Å². The zero-order chi connectivity index (χ0) is 29.8. The van der Waals surface area contributed by atoms with Gasteiger partial charge in [-0.1, -0.05) is 12.2 Å². The first-order chi connectivity index (χ1) is 18.8. The average Bonchev–Trinajstić information content (AvgIpc) is 2.82. The fraction of sp³-hybridized carbons (Fsp3) is 0.531. The zero-order valence-corrected chi connectivity index (χ0v) is 24.3. The molecule has 8 heteroatoms. The summed E-state index contributed by atoms with van der Waals surface area (Å²) in [6.45, 7) is 7.63. The minimum absolute atomic E-state index is 0.131. The van der Waals surface area contributed by atoms with E-state index in [1.54, 1.807) is 6.07 Å². The lowest BCUT2D eigenvalue weighted by molar-refractivity contribution is -0.172. The van der Waals surface area contributed by atoms with Crippen molar-refractivity contribution >= 4 is 24.0 Å². The smallest absolute Gasteiger partial charge is 0.411 e. The van der Waals surface area contributed by atoms with Gasteiger partial charge in [0.1, 0.15) is 12.2 Å². The van der Waals surface area contributed by atoms with Crippen LogP contribution in [0.5, 0.6) is 0 Å². The van der Waals surface area contributed by atoms with Crippen LogP contribution in [0.4, 0.5) is 13.2 Å². The maximum absolute atomic E-state index is 12.5. The largest absolute Gasteiger partial charge is 0.647 e. The maximum atomic E-state index is 12.5. The Morgan fingerprint density at radius 2 is 1.93 bits per heavy atom. The van der Waals surface area contributed by atoms with E-state index >= 15 is 0 Å². The summed E-state index contributed by atoms with van der Waals surface area (Å²) in [7, 11) is 0. The van der Waals surface area contributed by atoms with Crippen LogP contribution in [-0.4, -0.2) is 43.4 Å². The summed E-state index contributed by atoms with van der Waals surface area (Å²) < 4.78 is 46.5. The summed E-state index contributed by atoms with van der Waals surface area (Å²) in [5, 5.41) is 5.72. The second-order valence-corrected chi connectivity index (χ2v) is 11.0. The van der Waals surface area contributed by atoms with Gasteiger partial charge in [0.15, 0.2) is 0 Å². The average molecular weight is 562 g/mol. The number of esters is 1. The summed E-state index contributed by atoms with van der Waals surface area (Å²) >= 11 is 0. The Labute approximate surface area is 236 Å². The molecule has 1 aromatic rings. The van der Waals surface area contributed by atoms with Crippen LogP contribution in [0.3, 0.4) is 0 Å². The highest BCUT2D eigenvalue weighted by Crippen LogP contribution is 2.26. The monoisotopic (exact) mass is 561 g/mol. The molecule has 1 amide bonds. The molecule has 1 aliphatic carbocycles. The van der Waals surface area contributed by atoms with Gasteiger partial charge in [-0.25, -0.2) is 4.79 Å². The Hall–Kier alpha value is -3.00. The van der Waals surface area contributed by atoms with E-state index < -0.39 is 24.3 Å². The van der Waals surface area contributed by atoms with Gasteiger partial charge in [-0.15, -0.1) is 6.54 Å². The van der Waals surface area contributed by atoms with E-state index in [9.17, 15) is 22.8 Å². The van der Waals surface area contributed by atoms with Gasteiger partial charge in [0, 0.05) is 54.0 Å². The van der Waals surface area contributed by atoms with Gasteiger partial charge in [0.25, 0.3) is 0 Å². The van der Waals surface area contributed by atoms with Crippen molar-refractivity contribution < 1.29 is 32.2 Å². The number of carbonyl (C=O) groups excluding carboxylic acids is 2. The van der Waals surface area contributed by atoms with Crippen molar-refractivity contribution in [2.75, 3.05) is 19.8 Å². The van der Waals surface area contributed by atoms with E-state index in [0.29, 0.717) is 11.5 Å². The molecule has 0 aliphatic heterocycles. The van der Waals surface area contributed by atoms with Crippen LogP contribution in [0.15, 0.2) is 35.9 Å². The van der Waals surface area contributed by atoms with Crippen molar-refractivity contribution in [2.45, 2.75) is 84.9 Å².